The van der Waals surface area contributed by atoms with Crippen LogP contribution in [-0.2, 0) is 22.4 Å². The normalized spacial score (nSPS) is 10.6. The summed E-state index contributed by atoms with van der Waals surface area (Å²) in [5.41, 5.74) is 10.5. The molecule has 0 radical (unpaired) electrons. The van der Waals surface area contributed by atoms with E-state index in [-0.39, 0.29) is 39.2 Å². The fraction of sp³-hybridized carbons (Fsp3) is 0.167. The van der Waals surface area contributed by atoms with E-state index in [1.807, 2.05) is 24.3 Å². The fourth-order valence-corrected chi connectivity index (χ4v) is 4.54. The average Bonchev–Trinajstić information content (AvgIpc) is 2.56. The van der Waals surface area contributed by atoms with Gasteiger partial charge in [-0.3, -0.25) is 0 Å². The molecule has 2 amide bonds. The second-order valence-corrected chi connectivity index (χ2v) is 6.28. The summed E-state index contributed by atoms with van der Waals surface area (Å²) < 4.78 is 2.08. The van der Waals surface area contributed by atoms with Crippen LogP contribution in [-0.4, -0.2) is 26.3 Å². The van der Waals surface area contributed by atoms with Gasteiger partial charge in [0.1, 0.15) is 0 Å². The minimum absolute atomic E-state index is 0.00769. The van der Waals surface area contributed by atoms with Crippen LogP contribution in [0.4, 0.5) is 0 Å². The summed E-state index contributed by atoms with van der Waals surface area (Å²) in [6.07, 6.45) is 0.526. The van der Waals surface area contributed by atoms with E-state index in [1.54, 1.807) is 0 Å². The summed E-state index contributed by atoms with van der Waals surface area (Å²) in [7, 11) is 0. The summed E-state index contributed by atoms with van der Waals surface area (Å²) in [6.45, 7) is 0. The van der Waals surface area contributed by atoms with E-state index in [9.17, 15) is 9.59 Å². The van der Waals surface area contributed by atoms with Gasteiger partial charge in [-0.2, -0.15) is 0 Å². The summed E-state index contributed by atoms with van der Waals surface area (Å²) >= 11 is 0.00769. The van der Waals surface area contributed by atoms with Crippen molar-refractivity contribution >= 4 is 37.1 Å². The summed E-state index contributed by atoms with van der Waals surface area (Å²) in [4.78, 5) is 22.0. The van der Waals surface area contributed by atoms with Crippen LogP contribution in [0.15, 0.2) is 24.3 Å². The quantitative estimate of drug-likeness (QED) is 0.775. The molecule has 1 aromatic heterocycles. The van der Waals surface area contributed by atoms with Crippen LogP contribution in [0.25, 0.3) is 10.8 Å². The minimum atomic E-state index is -0.336. The van der Waals surface area contributed by atoms with Gasteiger partial charge in [0.05, 0.1) is 0 Å². The van der Waals surface area contributed by atoms with Crippen molar-refractivity contribution in [2.75, 3.05) is 0 Å². The molecule has 5 heteroatoms. The molecule has 0 saturated carbocycles. The zero-order chi connectivity index (χ0) is 12.4. The van der Waals surface area contributed by atoms with Gasteiger partial charge in [-0.15, -0.1) is 0 Å². The number of hydrogen-bond acceptors (Lipinski definition) is 2. The monoisotopic (exact) mass is 296 g/mol. The number of hydrogen-bond donors (Lipinski definition) is 2. The van der Waals surface area contributed by atoms with Gasteiger partial charge in [-0.25, -0.2) is 0 Å². The molecule has 0 spiro atoms. The van der Waals surface area contributed by atoms with Crippen molar-refractivity contribution in [3.63, 3.8) is 0 Å². The number of carbonyl (C=O) groups excluding carboxylic acids is 2. The van der Waals surface area contributed by atoms with Crippen molar-refractivity contribution < 1.29 is 9.59 Å². The van der Waals surface area contributed by atoms with Crippen LogP contribution < -0.4 is 11.5 Å². The van der Waals surface area contributed by atoms with Crippen LogP contribution in [0.5, 0.6) is 0 Å². The van der Waals surface area contributed by atoms with Crippen molar-refractivity contribution in [2.24, 2.45) is 11.5 Å². The van der Waals surface area contributed by atoms with Gasteiger partial charge in [0.15, 0.2) is 0 Å². The van der Waals surface area contributed by atoms with E-state index < -0.39 is 0 Å². The number of rotatable bonds is 4. The molecular weight excluding hydrogens is 283 g/mol. The predicted molar refractivity (Wildman–Crippen MR) is 66.7 cm³/mol. The fourth-order valence-electron chi connectivity index (χ4n) is 1.81. The van der Waals surface area contributed by atoms with Gasteiger partial charge in [0.25, 0.3) is 0 Å². The number of benzene rings is 1. The Morgan fingerprint density at radius 2 is 1.35 bits per heavy atom. The molecule has 0 aliphatic carbocycles. The van der Waals surface area contributed by atoms with Crippen molar-refractivity contribution in [3.8, 4) is 0 Å². The molecule has 1 aromatic carbocycles. The molecule has 0 unspecified atom stereocenters. The van der Waals surface area contributed by atoms with Crippen LogP contribution in [0.1, 0.15) is 8.87 Å². The number of amides is 2. The Bertz CT molecular complexity index is 539. The van der Waals surface area contributed by atoms with Crippen LogP contribution in [0.2, 0.25) is 0 Å². The SMILES string of the molecule is NC(=O)Cc1[se]c(CC(N)=O)c2ccccc12. The third kappa shape index (κ3) is 2.57. The molecule has 0 bridgehead atoms. The van der Waals surface area contributed by atoms with E-state index in [1.165, 1.54) is 0 Å². The van der Waals surface area contributed by atoms with Gasteiger partial charge in [0.2, 0.25) is 0 Å². The first-order valence-corrected chi connectivity index (χ1v) is 6.85. The number of primary amides is 2. The zero-order valence-corrected chi connectivity index (χ0v) is 10.8. The van der Waals surface area contributed by atoms with Crippen molar-refractivity contribution in [1.82, 2.24) is 0 Å². The second-order valence-electron chi connectivity index (χ2n) is 3.78. The average molecular weight is 295 g/mol. The molecule has 0 fully saturated rings. The molecule has 0 saturated heterocycles. The molecule has 4 N–H and O–H groups in total. The molecular formula is C12H12N2O2Se. The van der Waals surface area contributed by atoms with Crippen molar-refractivity contribution in [2.45, 2.75) is 12.8 Å². The third-order valence-corrected chi connectivity index (χ3v) is 5.01. The number of nitrogens with two attached hydrogens (primary N) is 2. The van der Waals surface area contributed by atoms with Gasteiger partial charge in [0, 0.05) is 0 Å². The second kappa shape index (κ2) is 4.73. The Kier molecular flexibility index (Phi) is 3.31. The van der Waals surface area contributed by atoms with E-state index >= 15 is 0 Å². The standard InChI is InChI=1S/C12H12N2O2Se/c13-11(15)5-9-7-3-1-2-4-8(7)10(17-9)6-12(14)16/h1-4H,5-6H2,(H2,13,15)(H2,14,16). The molecule has 0 atom stereocenters. The van der Waals surface area contributed by atoms with Crippen molar-refractivity contribution in [3.05, 3.63) is 33.1 Å². The predicted octanol–water partition coefficient (Wildman–Crippen LogP) is -0.0476. The van der Waals surface area contributed by atoms with Crippen LogP contribution in [0, 0.1) is 0 Å². The topological polar surface area (TPSA) is 86.2 Å². The first-order chi connectivity index (χ1) is 8.08. The zero-order valence-electron chi connectivity index (χ0n) is 9.10. The molecule has 2 aromatic rings. The van der Waals surface area contributed by atoms with Gasteiger partial charge in [-0.1, -0.05) is 0 Å². The Balaban J connectivity index is 2.53. The van der Waals surface area contributed by atoms with Crippen molar-refractivity contribution in [1.29, 1.82) is 0 Å². The summed E-state index contributed by atoms with van der Waals surface area (Å²) in [6, 6.07) is 7.76. The summed E-state index contributed by atoms with van der Waals surface area (Å²) in [5.74, 6) is -0.672. The first-order valence-electron chi connectivity index (χ1n) is 5.14. The van der Waals surface area contributed by atoms with Crippen LogP contribution >= 0.6 is 0 Å². The molecule has 0 aliphatic rings. The molecule has 88 valence electrons. The summed E-state index contributed by atoms with van der Waals surface area (Å²) in [5, 5.41) is 2.09. The Morgan fingerprint density at radius 3 is 1.71 bits per heavy atom. The third-order valence-electron chi connectivity index (χ3n) is 2.44. The number of fused-ring (bicyclic) bond motifs is 1. The molecule has 1 heterocycles. The molecule has 2 rings (SSSR count). The molecule has 0 aliphatic heterocycles. The van der Waals surface area contributed by atoms with E-state index in [4.69, 9.17) is 11.5 Å². The maximum absolute atomic E-state index is 11.0. The number of carbonyl (C=O) groups is 2. The maximum atomic E-state index is 11.0. The Labute approximate surface area is 104 Å². The van der Waals surface area contributed by atoms with Gasteiger partial charge < -0.3 is 0 Å². The Hall–Kier alpha value is -1.58. The van der Waals surface area contributed by atoms with E-state index in [0.29, 0.717) is 0 Å². The van der Waals surface area contributed by atoms with E-state index in [2.05, 4.69) is 0 Å². The van der Waals surface area contributed by atoms with E-state index in [0.717, 1.165) is 19.6 Å². The van der Waals surface area contributed by atoms with Gasteiger partial charge in [-0.05, 0) is 0 Å². The Morgan fingerprint density at radius 1 is 0.941 bits per heavy atom. The molecule has 4 nitrogen and oxygen atoms in total. The van der Waals surface area contributed by atoms with Crippen LogP contribution in [0.3, 0.4) is 0 Å². The first kappa shape index (κ1) is 11.9. The van der Waals surface area contributed by atoms with Gasteiger partial charge >= 0.3 is 104 Å². The molecule has 17 heavy (non-hydrogen) atoms.